The fraction of sp³-hybridized carbons (Fsp3) is 0.385. The Morgan fingerprint density at radius 1 is 1.37 bits per heavy atom. The molecule has 0 unspecified atom stereocenters. The highest BCUT2D eigenvalue weighted by atomic mass is 35.5. The van der Waals surface area contributed by atoms with Gasteiger partial charge < -0.3 is 10.4 Å². The smallest absolute Gasteiger partial charge is 0.305 e. The van der Waals surface area contributed by atoms with Gasteiger partial charge >= 0.3 is 5.97 Å². The van der Waals surface area contributed by atoms with Crippen LogP contribution in [0.4, 0.5) is 0 Å². The maximum absolute atomic E-state index is 11.7. The van der Waals surface area contributed by atoms with Crippen LogP contribution in [0.2, 0.25) is 5.02 Å². The second-order valence-corrected chi connectivity index (χ2v) is 5.43. The number of carbonyl (C=O) groups excluding carboxylic acids is 1. The highest BCUT2D eigenvalue weighted by Gasteiger charge is 2.17. The summed E-state index contributed by atoms with van der Waals surface area (Å²) in [6.45, 7) is 0. The summed E-state index contributed by atoms with van der Waals surface area (Å²) in [6, 6.07) is 6.29. The molecule has 1 amide bonds. The van der Waals surface area contributed by atoms with Crippen LogP contribution < -0.4 is 5.32 Å². The molecule has 1 aromatic rings. The van der Waals surface area contributed by atoms with Gasteiger partial charge in [-0.15, -0.1) is 0 Å². The van der Waals surface area contributed by atoms with Crippen LogP contribution in [0.5, 0.6) is 0 Å². The average Bonchev–Trinajstić information content (AvgIpc) is 2.36. The lowest BCUT2D eigenvalue weighted by Crippen LogP contribution is -2.30. The first-order chi connectivity index (χ1) is 9.02. The van der Waals surface area contributed by atoms with Crippen LogP contribution in [0.3, 0.4) is 0 Å². The van der Waals surface area contributed by atoms with Crippen molar-refractivity contribution in [3.8, 4) is 0 Å². The molecule has 0 aliphatic carbocycles. The van der Waals surface area contributed by atoms with E-state index in [2.05, 4.69) is 5.32 Å². The summed E-state index contributed by atoms with van der Waals surface area (Å²) in [5.41, 5.74) is 0.740. The third-order valence-electron chi connectivity index (χ3n) is 2.52. The molecule has 0 heterocycles. The number of nitrogens with one attached hydrogen (secondary N) is 1. The molecule has 0 bridgehead atoms. The molecule has 0 aliphatic heterocycles. The second-order valence-electron chi connectivity index (χ2n) is 4.01. The van der Waals surface area contributed by atoms with Crippen molar-refractivity contribution in [2.45, 2.75) is 18.9 Å². The monoisotopic (exact) mass is 301 g/mol. The molecule has 0 saturated heterocycles. The van der Waals surface area contributed by atoms with Crippen LogP contribution >= 0.6 is 23.4 Å². The number of hydrogen-bond acceptors (Lipinski definition) is 3. The minimum Gasteiger partial charge on any atom is -0.481 e. The molecule has 0 aliphatic rings. The van der Waals surface area contributed by atoms with Crippen LogP contribution in [0.1, 0.15) is 24.4 Å². The van der Waals surface area contributed by atoms with Crippen molar-refractivity contribution in [2.24, 2.45) is 0 Å². The van der Waals surface area contributed by atoms with Crippen molar-refractivity contribution in [1.29, 1.82) is 0 Å². The summed E-state index contributed by atoms with van der Waals surface area (Å²) in [7, 11) is 0. The molecule has 104 valence electrons. The molecule has 2 N–H and O–H groups in total. The number of carboxylic acids is 1. The number of hydrogen-bond donors (Lipinski definition) is 2. The Hall–Kier alpha value is -1.20. The number of halogens is 1. The summed E-state index contributed by atoms with van der Waals surface area (Å²) >= 11 is 7.36. The van der Waals surface area contributed by atoms with Gasteiger partial charge in [-0.1, -0.05) is 23.7 Å². The van der Waals surface area contributed by atoms with E-state index in [1.165, 1.54) is 0 Å². The molecule has 1 rings (SSSR count). The van der Waals surface area contributed by atoms with E-state index in [4.69, 9.17) is 16.7 Å². The Balaban J connectivity index is 2.74. The van der Waals surface area contributed by atoms with E-state index >= 15 is 0 Å². The first kappa shape index (κ1) is 15.9. The number of benzene rings is 1. The number of thioether (sulfide) groups is 1. The van der Waals surface area contributed by atoms with Crippen molar-refractivity contribution in [3.05, 3.63) is 34.9 Å². The third-order valence-corrected chi connectivity index (χ3v) is 3.38. The van der Waals surface area contributed by atoms with Gasteiger partial charge in [-0.3, -0.25) is 9.59 Å². The van der Waals surface area contributed by atoms with Crippen LogP contribution in [0.25, 0.3) is 0 Å². The molecule has 1 atom stereocenters. The van der Waals surface area contributed by atoms with Gasteiger partial charge in [0.15, 0.2) is 0 Å². The summed E-state index contributed by atoms with van der Waals surface area (Å²) in [5, 5.41) is 12.2. The minimum atomic E-state index is -0.954. The molecule has 0 radical (unpaired) electrons. The average molecular weight is 302 g/mol. The zero-order valence-corrected chi connectivity index (χ0v) is 12.1. The molecule has 0 fully saturated rings. The van der Waals surface area contributed by atoms with Crippen LogP contribution in [-0.4, -0.2) is 29.0 Å². The van der Waals surface area contributed by atoms with Gasteiger partial charge in [0, 0.05) is 17.2 Å². The molecule has 0 saturated carbocycles. The van der Waals surface area contributed by atoms with Crippen molar-refractivity contribution >= 4 is 35.2 Å². The lowest BCUT2D eigenvalue weighted by atomic mass is 10.0. The first-order valence-electron chi connectivity index (χ1n) is 5.78. The van der Waals surface area contributed by atoms with E-state index in [1.807, 2.05) is 6.26 Å². The highest BCUT2D eigenvalue weighted by molar-refractivity contribution is 7.98. The standard InChI is InChI=1S/C13H16ClNO3S/c1-19-7-6-12(16)15-11(8-13(17)18)9-2-4-10(14)5-3-9/h2-5,11H,6-8H2,1H3,(H,15,16)(H,17,18)/t11-/m0/s1. The zero-order valence-electron chi connectivity index (χ0n) is 10.6. The van der Waals surface area contributed by atoms with Gasteiger partial charge in [0.05, 0.1) is 12.5 Å². The number of carboxylic acid groups (broad SMARTS) is 1. The van der Waals surface area contributed by atoms with E-state index < -0.39 is 12.0 Å². The van der Waals surface area contributed by atoms with Gasteiger partial charge in [-0.05, 0) is 24.0 Å². The van der Waals surface area contributed by atoms with Gasteiger partial charge in [0.25, 0.3) is 0 Å². The van der Waals surface area contributed by atoms with Crippen molar-refractivity contribution < 1.29 is 14.7 Å². The van der Waals surface area contributed by atoms with Crippen LogP contribution in [0.15, 0.2) is 24.3 Å². The Morgan fingerprint density at radius 3 is 2.53 bits per heavy atom. The maximum Gasteiger partial charge on any atom is 0.305 e. The van der Waals surface area contributed by atoms with E-state index in [0.29, 0.717) is 17.2 Å². The maximum atomic E-state index is 11.7. The molecule has 19 heavy (non-hydrogen) atoms. The van der Waals surface area contributed by atoms with E-state index in [0.717, 1.165) is 5.56 Å². The summed E-state index contributed by atoms with van der Waals surface area (Å²) < 4.78 is 0. The Bertz CT molecular complexity index is 436. The third kappa shape index (κ3) is 5.98. The fourth-order valence-corrected chi connectivity index (χ4v) is 2.10. The second kappa shape index (κ2) is 8.07. The van der Waals surface area contributed by atoms with Gasteiger partial charge in [-0.25, -0.2) is 0 Å². The van der Waals surface area contributed by atoms with Crippen molar-refractivity contribution in [3.63, 3.8) is 0 Å². The Labute approximate surface area is 121 Å². The number of carbonyl (C=O) groups is 2. The van der Waals surface area contributed by atoms with E-state index in [9.17, 15) is 9.59 Å². The van der Waals surface area contributed by atoms with Gasteiger partial charge in [-0.2, -0.15) is 11.8 Å². The van der Waals surface area contributed by atoms with E-state index in [-0.39, 0.29) is 12.3 Å². The number of amides is 1. The molecule has 6 heteroatoms. The predicted molar refractivity (Wildman–Crippen MR) is 77.6 cm³/mol. The molecule has 4 nitrogen and oxygen atoms in total. The number of aliphatic carboxylic acids is 1. The Morgan fingerprint density at radius 2 is 2.00 bits per heavy atom. The van der Waals surface area contributed by atoms with Crippen molar-refractivity contribution in [2.75, 3.05) is 12.0 Å². The van der Waals surface area contributed by atoms with Crippen molar-refractivity contribution in [1.82, 2.24) is 5.32 Å². The SMILES string of the molecule is CSCCC(=O)N[C@@H](CC(=O)O)c1ccc(Cl)cc1. The summed E-state index contributed by atoms with van der Waals surface area (Å²) in [5.74, 6) is -0.382. The quantitative estimate of drug-likeness (QED) is 0.812. The molecule has 1 aromatic carbocycles. The normalized spacial score (nSPS) is 11.9. The highest BCUT2D eigenvalue weighted by Crippen LogP contribution is 2.19. The van der Waals surface area contributed by atoms with Crippen LogP contribution in [-0.2, 0) is 9.59 Å². The lowest BCUT2D eigenvalue weighted by Gasteiger charge is -2.17. The topological polar surface area (TPSA) is 66.4 Å². The first-order valence-corrected chi connectivity index (χ1v) is 7.55. The van der Waals surface area contributed by atoms with E-state index in [1.54, 1.807) is 36.0 Å². The Kier molecular flexibility index (Phi) is 6.73. The predicted octanol–water partition coefficient (Wildman–Crippen LogP) is 2.73. The summed E-state index contributed by atoms with van der Waals surface area (Å²) in [4.78, 5) is 22.6. The molecule has 0 spiro atoms. The largest absolute Gasteiger partial charge is 0.481 e. The molecular weight excluding hydrogens is 286 g/mol. The van der Waals surface area contributed by atoms with Gasteiger partial charge in [0.1, 0.15) is 0 Å². The van der Waals surface area contributed by atoms with Crippen LogP contribution in [0, 0.1) is 0 Å². The molecule has 0 aromatic heterocycles. The zero-order chi connectivity index (χ0) is 14.3. The lowest BCUT2D eigenvalue weighted by molar-refractivity contribution is -0.137. The summed E-state index contributed by atoms with van der Waals surface area (Å²) in [6.07, 6.45) is 2.15. The molecular formula is C13H16ClNO3S. The van der Waals surface area contributed by atoms with Gasteiger partial charge in [0.2, 0.25) is 5.91 Å². The fourth-order valence-electron chi connectivity index (χ4n) is 1.58. The number of rotatable bonds is 7. The minimum absolute atomic E-state index is 0.143.